The van der Waals surface area contributed by atoms with Crippen molar-refractivity contribution < 1.29 is 39.1 Å². The summed E-state index contributed by atoms with van der Waals surface area (Å²) in [6.45, 7) is 3.16. The van der Waals surface area contributed by atoms with E-state index in [-0.39, 0.29) is 30.5 Å². The molecule has 0 heterocycles. The normalized spacial score (nSPS) is 44.7. The van der Waals surface area contributed by atoms with E-state index in [1.165, 1.54) is 6.08 Å². The van der Waals surface area contributed by atoms with Crippen LogP contribution in [0.5, 0.6) is 0 Å². The first-order valence-corrected chi connectivity index (χ1v) is 11.7. The lowest BCUT2D eigenvalue weighted by Gasteiger charge is -2.63. The summed E-state index contributed by atoms with van der Waals surface area (Å²) in [6.07, 6.45) is 3.70. The summed E-state index contributed by atoms with van der Waals surface area (Å²) in [5.74, 6) is -0.990. The molecular formula is C24H33ClO8. The fourth-order valence-electron chi connectivity index (χ4n) is 7.15. The molecule has 0 saturated heterocycles. The van der Waals surface area contributed by atoms with Gasteiger partial charge in [0.1, 0.15) is 12.2 Å². The van der Waals surface area contributed by atoms with Crippen LogP contribution < -0.4 is 0 Å². The summed E-state index contributed by atoms with van der Waals surface area (Å²) in [7, 11) is 2.32. The number of hydrogen-bond donors (Lipinski definition) is 3. The molecule has 0 spiro atoms. The minimum atomic E-state index is -2.40. The van der Waals surface area contributed by atoms with E-state index in [0.717, 1.165) is 19.8 Å². The highest BCUT2D eigenvalue weighted by molar-refractivity contribution is 6.26. The lowest BCUT2D eigenvalue weighted by Crippen LogP contribution is -2.68. The van der Waals surface area contributed by atoms with Crippen LogP contribution in [0.4, 0.5) is 0 Å². The summed E-state index contributed by atoms with van der Waals surface area (Å²) in [6, 6.07) is 0. The number of carbonyl (C=O) groups excluding carboxylic acids is 2. The largest absolute Gasteiger partial charge is 0.410 e. The van der Waals surface area contributed by atoms with Gasteiger partial charge in [0.15, 0.2) is 11.6 Å². The van der Waals surface area contributed by atoms with Gasteiger partial charge in [-0.2, -0.15) is 0 Å². The second-order valence-corrected chi connectivity index (χ2v) is 10.9. The number of carbonyl (C=O) groups is 2. The summed E-state index contributed by atoms with van der Waals surface area (Å²) < 4.78 is 14.5. The van der Waals surface area contributed by atoms with Crippen molar-refractivity contribution in [2.24, 2.45) is 22.7 Å². The first-order chi connectivity index (χ1) is 15.3. The van der Waals surface area contributed by atoms with Crippen molar-refractivity contribution in [2.75, 3.05) is 20.8 Å². The molecule has 1 unspecified atom stereocenters. The van der Waals surface area contributed by atoms with Crippen LogP contribution in [0.25, 0.3) is 0 Å². The van der Waals surface area contributed by atoms with E-state index in [9.17, 15) is 24.9 Å². The van der Waals surface area contributed by atoms with E-state index in [1.54, 1.807) is 6.08 Å². The number of aliphatic hydroxyl groups excluding tert-OH is 1. The summed E-state index contributed by atoms with van der Waals surface area (Å²) >= 11 is 7.34. The predicted octanol–water partition coefficient (Wildman–Crippen LogP) is 1.84. The summed E-state index contributed by atoms with van der Waals surface area (Å²) in [5, 5.41) is 33.1. The number of alkyl halides is 1. The molecule has 7 atom stereocenters. The topological polar surface area (TPSA) is 123 Å². The molecule has 0 aromatic rings. The quantitative estimate of drug-likeness (QED) is 0.385. The van der Waals surface area contributed by atoms with E-state index in [2.05, 4.69) is 0 Å². The highest BCUT2D eigenvalue weighted by Crippen LogP contribution is 2.70. The Kier molecular flexibility index (Phi) is 6.02. The smallest absolute Gasteiger partial charge is 0.391 e. The standard InChI is InChI=1S/C24H33ClO8/c1-20-9-7-15(26)11-14(20)5-6-17-16-8-10-22(29,19(28)13-33-24(30,31-3)32-4)21(16,2)12-18(27)23(17,20)25/h7,9,11,16-18,27,29-30H,5-6,8,10,12-13H2,1-4H3/t16-,17-,18?,20-,21-,22-,23-/m0/s1. The highest BCUT2D eigenvalue weighted by Gasteiger charge is 2.73. The van der Waals surface area contributed by atoms with E-state index in [4.69, 9.17) is 25.8 Å². The lowest BCUT2D eigenvalue weighted by molar-refractivity contribution is -0.469. The predicted molar refractivity (Wildman–Crippen MR) is 118 cm³/mol. The number of ether oxygens (including phenoxy) is 3. The number of Topliss-reactive ketones (excluding diaryl/α,β-unsaturated/α-hetero) is 1. The highest BCUT2D eigenvalue weighted by atomic mass is 35.5. The van der Waals surface area contributed by atoms with E-state index >= 15 is 0 Å². The minimum absolute atomic E-state index is 0.0794. The van der Waals surface area contributed by atoms with Crippen LogP contribution in [0.1, 0.15) is 46.0 Å². The molecular weight excluding hydrogens is 452 g/mol. The van der Waals surface area contributed by atoms with Crippen LogP contribution in [0.3, 0.4) is 0 Å². The van der Waals surface area contributed by atoms with Crippen molar-refractivity contribution in [3.05, 3.63) is 23.8 Å². The maximum absolute atomic E-state index is 13.2. The van der Waals surface area contributed by atoms with Gasteiger partial charge in [0.2, 0.25) is 0 Å². The Hall–Kier alpha value is -1.13. The third kappa shape index (κ3) is 3.26. The molecule has 4 aliphatic carbocycles. The van der Waals surface area contributed by atoms with Crippen LogP contribution in [0.2, 0.25) is 0 Å². The first kappa shape index (κ1) is 25.0. The number of hydrogen-bond acceptors (Lipinski definition) is 8. The zero-order valence-electron chi connectivity index (χ0n) is 19.5. The molecule has 0 amide bonds. The Morgan fingerprint density at radius 3 is 2.55 bits per heavy atom. The molecule has 0 aromatic carbocycles. The van der Waals surface area contributed by atoms with Gasteiger partial charge < -0.3 is 24.8 Å². The lowest BCUT2D eigenvalue weighted by atomic mass is 9.45. The SMILES string of the molecule is COC(O)(OC)OCC(=O)[C@@]1(O)CC[C@H]2[C@@H]3CCC4=CC(=O)C=C[C@]4(C)[C@@]3(Cl)C(O)C[C@@]21C. The molecule has 4 rings (SSSR count). The van der Waals surface area contributed by atoms with Gasteiger partial charge in [-0.25, -0.2) is 0 Å². The molecule has 9 heteroatoms. The van der Waals surface area contributed by atoms with Crippen LogP contribution in [0.15, 0.2) is 23.8 Å². The summed E-state index contributed by atoms with van der Waals surface area (Å²) in [5.41, 5.74) is -2.50. The number of halogens is 1. The molecule has 4 aliphatic rings. The number of rotatable bonds is 6. The van der Waals surface area contributed by atoms with Crippen LogP contribution in [-0.2, 0) is 23.8 Å². The van der Waals surface area contributed by atoms with Crippen molar-refractivity contribution in [3.63, 3.8) is 0 Å². The van der Waals surface area contributed by atoms with Crippen molar-refractivity contribution in [2.45, 2.75) is 68.7 Å². The van der Waals surface area contributed by atoms with Crippen molar-refractivity contribution >= 4 is 23.2 Å². The van der Waals surface area contributed by atoms with Crippen LogP contribution in [-0.4, -0.2) is 70.5 Å². The van der Waals surface area contributed by atoms with Gasteiger partial charge in [-0.3, -0.25) is 14.3 Å². The second kappa shape index (κ2) is 7.95. The number of ketones is 2. The maximum atomic E-state index is 13.2. The Morgan fingerprint density at radius 2 is 1.91 bits per heavy atom. The molecule has 3 N–H and O–H groups in total. The van der Waals surface area contributed by atoms with Gasteiger partial charge in [-0.1, -0.05) is 25.5 Å². The fourth-order valence-corrected chi connectivity index (χ4v) is 7.67. The van der Waals surface area contributed by atoms with Crippen LogP contribution in [0, 0.1) is 22.7 Å². The Labute approximate surface area is 198 Å². The minimum Gasteiger partial charge on any atom is -0.391 e. The molecule has 3 saturated carbocycles. The molecule has 0 aliphatic heterocycles. The summed E-state index contributed by atoms with van der Waals surface area (Å²) in [4.78, 5) is 24.1. The van der Waals surface area contributed by atoms with Gasteiger partial charge in [-0.05, 0) is 56.1 Å². The first-order valence-electron chi connectivity index (χ1n) is 11.3. The number of methoxy groups -OCH3 is 2. The average molecular weight is 485 g/mol. The molecule has 0 aromatic heterocycles. The van der Waals surface area contributed by atoms with Gasteiger partial charge >= 0.3 is 6.16 Å². The molecule has 33 heavy (non-hydrogen) atoms. The number of aliphatic hydroxyl groups is 3. The van der Waals surface area contributed by atoms with Gasteiger partial charge in [0, 0.05) is 25.0 Å². The van der Waals surface area contributed by atoms with E-state index in [0.29, 0.717) is 19.3 Å². The van der Waals surface area contributed by atoms with E-state index < -0.39 is 46.0 Å². The Morgan fingerprint density at radius 1 is 1.24 bits per heavy atom. The zero-order valence-corrected chi connectivity index (χ0v) is 20.2. The maximum Gasteiger partial charge on any atom is 0.410 e. The third-order valence-corrected chi connectivity index (χ3v) is 10.1. The van der Waals surface area contributed by atoms with Crippen molar-refractivity contribution in [3.8, 4) is 0 Å². The van der Waals surface area contributed by atoms with Crippen molar-refractivity contribution in [1.82, 2.24) is 0 Å². The van der Waals surface area contributed by atoms with Crippen molar-refractivity contribution in [1.29, 1.82) is 0 Å². The number of fused-ring (bicyclic) bond motifs is 5. The van der Waals surface area contributed by atoms with Gasteiger partial charge in [0.25, 0.3) is 0 Å². The van der Waals surface area contributed by atoms with Gasteiger partial charge in [0.05, 0.1) is 11.0 Å². The zero-order chi connectivity index (χ0) is 24.4. The van der Waals surface area contributed by atoms with Gasteiger partial charge in [-0.15, -0.1) is 11.6 Å². The second-order valence-electron chi connectivity index (χ2n) is 10.3. The molecule has 8 nitrogen and oxygen atoms in total. The monoisotopic (exact) mass is 484 g/mol. The number of allylic oxidation sites excluding steroid dienone is 4. The Balaban J connectivity index is 1.65. The molecule has 0 bridgehead atoms. The Bertz CT molecular complexity index is 912. The molecule has 3 fully saturated rings. The van der Waals surface area contributed by atoms with Crippen LogP contribution >= 0.6 is 11.6 Å². The average Bonchev–Trinajstić information content (AvgIpc) is 3.05. The third-order valence-electron chi connectivity index (χ3n) is 9.16. The fraction of sp³-hybridized carbons (Fsp3) is 0.750. The molecule has 0 radical (unpaired) electrons. The van der Waals surface area contributed by atoms with E-state index in [1.807, 2.05) is 19.9 Å². The molecule has 184 valence electrons.